The Bertz CT molecular complexity index is 851. The summed E-state index contributed by atoms with van der Waals surface area (Å²) in [7, 11) is 1.63. The van der Waals surface area contributed by atoms with E-state index in [1.165, 1.54) is 11.3 Å². The van der Waals surface area contributed by atoms with Crippen molar-refractivity contribution in [2.45, 2.75) is 23.5 Å². The summed E-state index contributed by atoms with van der Waals surface area (Å²) in [6.07, 6.45) is 0.732. The monoisotopic (exact) mass is 385 g/mol. The van der Waals surface area contributed by atoms with Gasteiger partial charge in [-0.1, -0.05) is 36.5 Å². The number of amides is 1. The molecule has 7 heteroatoms. The highest BCUT2D eigenvalue weighted by atomic mass is 32.2. The van der Waals surface area contributed by atoms with Gasteiger partial charge in [0.1, 0.15) is 10.8 Å². The number of rotatable bonds is 7. The molecule has 1 aromatic heterocycles. The zero-order chi connectivity index (χ0) is 18.4. The summed E-state index contributed by atoms with van der Waals surface area (Å²) in [5.41, 5.74) is 0.939. The summed E-state index contributed by atoms with van der Waals surface area (Å²) in [4.78, 5) is 13.6. The van der Waals surface area contributed by atoms with Crippen LogP contribution in [0.1, 0.15) is 13.3 Å². The minimum Gasteiger partial charge on any atom is -0.497 e. The van der Waals surface area contributed by atoms with Gasteiger partial charge in [0.15, 0.2) is 0 Å². The molecule has 1 atom stereocenters. The largest absolute Gasteiger partial charge is 0.497 e. The van der Waals surface area contributed by atoms with E-state index in [0.717, 1.165) is 27.6 Å². The second-order valence-corrected chi connectivity index (χ2v) is 7.71. The van der Waals surface area contributed by atoms with Gasteiger partial charge in [-0.25, -0.2) is 0 Å². The Morgan fingerprint density at radius 1 is 1.15 bits per heavy atom. The van der Waals surface area contributed by atoms with Crippen molar-refractivity contribution < 1.29 is 9.53 Å². The number of nitrogens with zero attached hydrogens (tertiary/aromatic N) is 2. The number of hydrogen-bond donors (Lipinski definition) is 1. The Hall–Kier alpha value is -2.38. The van der Waals surface area contributed by atoms with E-state index >= 15 is 0 Å². The van der Waals surface area contributed by atoms with Gasteiger partial charge in [-0.2, -0.15) is 0 Å². The molecule has 134 valence electrons. The van der Waals surface area contributed by atoms with Gasteiger partial charge in [0.25, 0.3) is 0 Å². The van der Waals surface area contributed by atoms with Crippen LogP contribution in [0.25, 0.3) is 10.6 Å². The highest BCUT2D eigenvalue weighted by Crippen LogP contribution is 2.30. The molecule has 0 saturated carbocycles. The summed E-state index contributed by atoms with van der Waals surface area (Å²) < 4.78 is 5.16. The maximum atomic E-state index is 12.6. The van der Waals surface area contributed by atoms with Crippen molar-refractivity contribution in [1.82, 2.24) is 10.2 Å². The number of anilines is 1. The number of carbonyl (C=O) groups excluding carboxylic acids is 1. The molecule has 0 bridgehead atoms. The molecule has 5 nitrogen and oxygen atoms in total. The number of thioether (sulfide) groups is 1. The fourth-order valence-electron chi connectivity index (χ4n) is 2.30. The van der Waals surface area contributed by atoms with Crippen LogP contribution in [0.4, 0.5) is 5.13 Å². The minimum absolute atomic E-state index is 0.0567. The molecule has 0 saturated heterocycles. The van der Waals surface area contributed by atoms with Crippen molar-refractivity contribution in [2.75, 3.05) is 12.4 Å². The summed E-state index contributed by atoms with van der Waals surface area (Å²) in [6, 6.07) is 17.5. The highest BCUT2D eigenvalue weighted by Gasteiger charge is 2.19. The maximum Gasteiger partial charge on any atom is 0.239 e. The normalized spacial score (nSPS) is 11.8. The van der Waals surface area contributed by atoms with Crippen molar-refractivity contribution in [1.29, 1.82) is 0 Å². The molecule has 26 heavy (non-hydrogen) atoms. The smallest absolute Gasteiger partial charge is 0.239 e. The van der Waals surface area contributed by atoms with E-state index in [1.807, 2.05) is 61.5 Å². The molecule has 0 fully saturated rings. The Kier molecular flexibility index (Phi) is 6.25. The molecule has 2 aromatic carbocycles. The third-order valence-corrected chi connectivity index (χ3v) is 5.94. The van der Waals surface area contributed by atoms with Crippen molar-refractivity contribution in [3.05, 3.63) is 54.6 Å². The molecule has 0 aliphatic carbocycles. The highest BCUT2D eigenvalue weighted by molar-refractivity contribution is 8.00. The third-order valence-electron chi connectivity index (χ3n) is 3.68. The molecule has 3 rings (SSSR count). The average molecular weight is 386 g/mol. The molecule has 0 aliphatic heterocycles. The molecule has 0 aliphatic rings. The lowest BCUT2D eigenvalue weighted by Crippen LogP contribution is -2.24. The molecule has 1 N–H and O–H groups in total. The van der Waals surface area contributed by atoms with Gasteiger partial charge in [0, 0.05) is 10.5 Å². The van der Waals surface area contributed by atoms with Crippen LogP contribution in [0, 0.1) is 0 Å². The van der Waals surface area contributed by atoms with Gasteiger partial charge >= 0.3 is 0 Å². The minimum atomic E-state index is -0.175. The van der Waals surface area contributed by atoms with Crippen LogP contribution in [0.3, 0.4) is 0 Å². The number of aromatic nitrogens is 2. The standard InChI is InChI=1S/C19H19N3O2S2/c1-3-16(25-15-7-5-4-6-8-15)17(23)20-19-22-21-18(26-19)13-9-11-14(24-2)12-10-13/h4-12,16H,3H2,1-2H3,(H,20,22,23). The Morgan fingerprint density at radius 3 is 2.54 bits per heavy atom. The van der Waals surface area contributed by atoms with Crippen molar-refractivity contribution >= 4 is 34.1 Å². The van der Waals surface area contributed by atoms with Crippen molar-refractivity contribution in [3.8, 4) is 16.3 Å². The van der Waals surface area contributed by atoms with E-state index in [2.05, 4.69) is 15.5 Å². The summed E-state index contributed by atoms with van der Waals surface area (Å²) >= 11 is 2.91. The van der Waals surface area contributed by atoms with E-state index in [0.29, 0.717) is 5.13 Å². The van der Waals surface area contributed by atoms with E-state index in [-0.39, 0.29) is 11.2 Å². The first-order chi connectivity index (χ1) is 12.7. The van der Waals surface area contributed by atoms with Crippen LogP contribution in [0.2, 0.25) is 0 Å². The van der Waals surface area contributed by atoms with Crippen molar-refractivity contribution in [3.63, 3.8) is 0 Å². The Morgan fingerprint density at radius 2 is 1.88 bits per heavy atom. The fraction of sp³-hybridized carbons (Fsp3) is 0.211. The number of nitrogens with one attached hydrogen (secondary N) is 1. The van der Waals surface area contributed by atoms with Gasteiger partial charge in [-0.15, -0.1) is 22.0 Å². The van der Waals surface area contributed by atoms with Crippen LogP contribution in [0.15, 0.2) is 59.5 Å². The topological polar surface area (TPSA) is 64.1 Å². The van der Waals surface area contributed by atoms with Gasteiger partial charge in [0.2, 0.25) is 11.0 Å². The van der Waals surface area contributed by atoms with E-state index < -0.39 is 0 Å². The van der Waals surface area contributed by atoms with Gasteiger partial charge < -0.3 is 4.74 Å². The molecular weight excluding hydrogens is 366 g/mol. The predicted octanol–water partition coefficient (Wildman–Crippen LogP) is 4.72. The average Bonchev–Trinajstić information content (AvgIpc) is 3.15. The summed E-state index contributed by atoms with van der Waals surface area (Å²) in [6.45, 7) is 2.00. The summed E-state index contributed by atoms with van der Waals surface area (Å²) in [5, 5.41) is 12.2. The Balaban J connectivity index is 1.66. The maximum absolute atomic E-state index is 12.6. The van der Waals surface area contributed by atoms with Crippen LogP contribution < -0.4 is 10.1 Å². The van der Waals surface area contributed by atoms with Gasteiger partial charge in [0.05, 0.1) is 12.4 Å². The fourth-order valence-corrected chi connectivity index (χ4v) is 4.02. The molecule has 0 radical (unpaired) electrons. The number of ether oxygens (including phenoxy) is 1. The second-order valence-electron chi connectivity index (χ2n) is 5.46. The number of hydrogen-bond acceptors (Lipinski definition) is 6. The quantitative estimate of drug-likeness (QED) is 0.596. The number of benzene rings is 2. The van der Waals surface area contributed by atoms with Crippen molar-refractivity contribution in [2.24, 2.45) is 0 Å². The van der Waals surface area contributed by atoms with E-state index in [4.69, 9.17) is 4.74 Å². The van der Waals surface area contributed by atoms with Crippen LogP contribution in [-0.2, 0) is 4.79 Å². The van der Waals surface area contributed by atoms with Gasteiger partial charge in [-0.05, 0) is 42.8 Å². The summed E-state index contributed by atoms with van der Waals surface area (Å²) in [5.74, 6) is 0.731. The van der Waals surface area contributed by atoms with Crippen LogP contribution in [0.5, 0.6) is 5.75 Å². The van der Waals surface area contributed by atoms with E-state index in [1.54, 1.807) is 18.9 Å². The lowest BCUT2D eigenvalue weighted by atomic mass is 10.2. The zero-order valence-corrected chi connectivity index (χ0v) is 16.1. The first-order valence-corrected chi connectivity index (χ1v) is 9.89. The zero-order valence-electron chi connectivity index (χ0n) is 14.5. The predicted molar refractivity (Wildman–Crippen MR) is 107 cm³/mol. The lowest BCUT2D eigenvalue weighted by Gasteiger charge is -2.13. The van der Waals surface area contributed by atoms with Crippen LogP contribution >= 0.6 is 23.1 Å². The van der Waals surface area contributed by atoms with E-state index in [9.17, 15) is 4.79 Å². The SMILES string of the molecule is CCC(Sc1ccccc1)C(=O)Nc1nnc(-c2ccc(OC)cc2)s1. The third kappa shape index (κ3) is 4.62. The Labute approximate surface area is 160 Å². The molecule has 1 unspecified atom stereocenters. The molecule has 1 heterocycles. The van der Waals surface area contributed by atoms with Gasteiger partial charge in [-0.3, -0.25) is 10.1 Å². The molecule has 1 amide bonds. The second kappa shape index (κ2) is 8.82. The van der Waals surface area contributed by atoms with Crippen LogP contribution in [-0.4, -0.2) is 28.5 Å². The number of carbonyl (C=O) groups is 1. The first kappa shape index (κ1) is 18.4. The molecule has 3 aromatic rings. The lowest BCUT2D eigenvalue weighted by molar-refractivity contribution is -0.115. The molecular formula is C19H19N3O2S2. The first-order valence-electron chi connectivity index (χ1n) is 8.20. The molecule has 0 spiro atoms. The number of methoxy groups -OCH3 is 1.